The molecule has 0 saturated heterocycles. The maximum atomic E-state index is 11.1. The third kappa shape index (κ3) is 5.33. The van der Waals surface area contributed by atoms with E-state index in [9.17, 15) is 16.8 Å². The molecule has 6 N–H and O–H groups in total. The molecule has 0 aromatic heterocycles. The molecule has 0 aliphatic carbocycles. The Morgan fingerprint density at radius 3 is 1.19 bits per heavy atom. The number of nitrogens with two attached hydrogens (primary N) is 2. The molecule has 166 valence electrons. The van der Waals surface area contributed by atoms with Gasteiger partial charge in [-0.15, -0.1) is 0 Å². The van der Waals surface area contributed by atoms with Crippen LogP contribution in [0.1, 0.15) is 0 Å². The molecule has 31 heavy (non-hydrogen) atoms. The Bertz CT molecular complexity index is 1360. The Morgan fingerprint density at radius 1 is 0.548 bits per heavy atom. The van der Waals surface area contributed by atoms with E-state index in [1.807, 2.05) is 0 Å². The predicted octanol–water partition coefficient (Wildman–Crippen LogP) is 3.33. The van der Waals surface area contributed by atoms with Crippen molar-refractivity contribution in [3.63, 3.8) is 0 Å². The molecular formula is C20H18N2NiO6S2. The molecule has 0 spiro atoms. The van der Waals surface area contributed by atoms with Crippen LogP contribution in [0.4, 0.5) is 11.4 Å². The minimum absolute atomic E-state index is 0. The second kappa shape index (κ2) is 9.21. The quantitative estimate of drug-likeness (QED) is 0.183. The van der Waals surface area contributed by atoms with Crippen LogP contribution in [0.15, 0.2) is 82.6 Å². The van der Waals surface area contributed by atoms with Crippen LogP contribution in [0.3, 0.4) is 0 Å². The average Bonchev–Trinajstić information content (AvgIpc) is 2.66. The molecular weight excluding hydrogens is 487 g/mol. The first-order chi connectivity index (χ1) is 14.0. The van der Waals surface area contributed by atoms with E-state index in [2.05, 4.69) is 0 Å². The van der Waals surface area contributed by atoms with Gasteiger partial charge in [0.15, 0.2) is 0 Å². The molecule has 4 aromatic rings. The maximum Gasteiger partial charge on any atom is 0.297 e. The summed E-state index contributed by atoms with van der Waals surface area (Å²) in [5.74, 6) is 0. The van der Waals surface area contributed by atoms with Crippen molar-refractivity contribution in [2.24, 2.45) is 0 Å². The van der Waals surface area contributed by atoms with Crippen LogP contribution in [-0.2, 0) is 36.7 Å². The number of nitrogen functional groups attached to an aromatic ring is 2. The molecule has 0 saturated carbocycles. The second-order valence-corrected chi connectivity index (χ2v) is 9.08. The molecule has 0 bridgehead atoms. The van der Waals surface area contributed by atoms with Gasteiger partial charge in [0.1, 0.15) is 9.79 Å². The molecule has 0 amide bonds. The molecule has 4 rings (SSSR count). The van der Waals surface area contributed by atoms with E-state index < -0.39 is 20.2 Å². The zero-order valence-electron chi connectivity index (χ0n) is 15.7. The Balaban J connectivity index is 0.000000213. The van der Waals surface area contributed by atoms with Gasteiger partial charge in [-0.2, -0.15) is 16.8 Å². The molecule has 0 fully saturated rings. The fraction of sp³-hybridized carbons (Fsp3) is 0. The molecule has 8 nitrogen and oxygen atoms in total. The first kappa shape index (κ1) is 24.6. The molecule has 11 heteroatoms. The number of rotatable bonds is 2. The summed E-state index contributed by atoms with van der Waals surface area (Å²) in [4.78, 5) is -0.443. The van der Waals surface area contributed by atoms with Gasteiger partial charge in [-0.05, 0) is 22.9 Å². The van der Waals surface area contributed by atoms with Gasteiger partial charge in [-0.25, -0.2) is 0 Å². The van der Waals surface area contributed by atoms with Crippen LogP contribution >= 0.6 is 0 Å². The topological polar surface area (TPSA) is 161 Å². The summed E-state index contributed by atoms with van der Waals surface area (Å²) < 4.78 is 62.7. The van der Waals surface area contributed by atoms with Crippen LogP contribution in [0.25, 0.3) is 21.5 Å². The van der Waals surface area contributed by atoms with Gasteiger partial charge in [0.05, 0.1) is 11.4 Å². The molecule has 0 radical (unpaired) electrons. The van der Waals surface area contributed by atoms with Crippen LogP contribution in [0.5, 0.6) is 0 Å². The number of benzene rings is 4. The Hall–Kier alpha value is -2.69. The van der Waals surface area contributed by atoms with Gasteiger partial charge >= 0.3 is 0 Å². The summed E-state index contributed by atoms with van der Waals surface area (Å²) in [6.45, 7) is 0. The van der Waals surface area contributed by atoms with Gasteiger partial charge in [-0.3, -0.25) is 9.11 Å². The van der Waals surface area contributed by atoms with Crippen molar-refractivity contribution in [1.82, 2.24) is 0 Å². The molecule has 0 heterocycles. The van der Waals surface area contributed by atoms with E-state index in [0.29, 0.717) is 10.8 Å². The normalized spacial score (nSPS) is 11.4. The maximum absolute atomic E-state index is 11.1. The van der Waals surface area contributed by atoms with E-state index in [1.165, 1.54) is 12.1 Å². The number of anilines is 2. The smallest absolute Gasteiger partial charge is 0.297 e. The van der Waals surface area contributed by atoms with Crippen LogP contribution in [0.2, 0.25) is 0 Å². The molecule has 0 atom stereocenters. The van der Waals surface area contributed by atoms with Crippen LogP contribution in [-0.4, -0.2) is 25.9 Å². The van der Waals surface area contributed by atoms with E-state index in [1.54, 1.807) is 60.7 Å². The summed E-state index contributed by atoms with van der Waals surface area (Å²) in [6.07, 6.45) is 0. The predicted molar refractivity (Wildman–Crippen MR) is 116 cm³/mol. The Kier molecular flexibility index (Phi) is 7.30. The Morgan fingerprint density at radius 2 is 0.871 bits per heavy atom. The minimum atomic E-state index is -4.29. The third-order valence-electron chi connectivity index (χ3n) is 4.34. The fourth-order valence-corrected chi connectivity index (χ4v) is 4.75. The van der Waals surface area contributed by atoms with E-state index in [4.69, 9.17) is 20.6 Å². The van der Waals surface area contributed by atoms with Crippen molar-refractivity contribution < 1.29 is 42.4 Å². The zero-order chi connectivity index (χ0) is 22.1. The average molecular weight is 505 g/mol. The molecule has 0 aliphatic heterocycles. The van der Waals surface area contributed by atoms with Gasteiger partial charge in [-0.1, -0.05) is 60.7 Å². The SMILES string of the molecule is Nc1ccc2ccccc2c1S(=O)(=O)O.Nc1ccc2ccccc2c1S(=O)(=O)O.[Ni]. The first-order valence-corrected chi connectivity index (χ1v) is 11.4. The van der Waals surface area contributed by atoms with Gasteiger partial charge in [0.25, 0.3) is 20.2 Å². The van der Waals surface area contributed by atoms with Crippen molar-refractivity contribution in [2.45, 2.75) is 9.79 Å². The van der Waals surface area contributed by atoms with Crippen LogP contribution < -0.4 is 11.5 Å². The largest absolute Gasteiger partial charge is 0.398 e. The minimum Gasteiger partial charge on any atom is -0.398 e. The number of fused-ring (bicyclic) bond motifs is 2. The standard InChI is InChI=1S/2C10H9NO3S.Ni/c2*11-9-6-5-7-3-1-2-4-8(7)10(9)15(12,13)14;/h2*1-6H,11H2,(H,12,13,14);. The van der Waals surface area contributed by atoms with E-state index in [-0.39, 0.29) is 37.7 Å². The third-order valence-corrected chi connectivity index (χ3v) is 6.28. The van der Waals surface area contributed by atoms with Gasteiger partial charge in [0.2, 0.25) is 0 Å². The summed E-state index contributed by atoms with van der Waals surface area (Å²) in [7, 11) is -8.57. The van der Waals surface area contributed by atoms with E-state index >= 15 is 0 Å². The fourth-order valence-electron chi connectivity index (χ4n) is 3.10. The van der Waals surface area contributed by atoms with Gasteiger partial charge in [0, 0.05) is 27.3 Å². The van der Waals surface area contributed by atoms with Crippen molar-refractivity contribution in [2.75, 3.05) is 11.5 Å². The second-order valence-electron chi connectivity index (χ2n) is 6.36. The van der Waals surface area contributed by atoms with Gasteiger partial charge < -0.3 is 11.5 Å². The molecule has 4 aromatic carbocycles. The summed E-state index contributed by atoms with van der Waals surface area (Å²) >= 11 is 0. The number of hydrogen-bond donors (Lipinski definition) is 4. The van der Waals surface area contributed by atoms with Crippen molar-refractivity contribution in [3.05, 3.63) is 72.8 Å². The summed E-state index contributed by atoms with van der Waals surface area (Å²) in [5.41, 5.74) is 11.2. The molecule has 0 unspecified atom stereocenters. The number of hydrogen-bond acceptors (Lipinski definition) is 6. The Labute approximate surface area is 189 Å². The zero-order valence-corrected chi connectivity index (χ0v) is 18.4. The monoisotopic (exact) mass is 504 g/mol. The first-order valence-electron chi connectivity index (χ1n) is 8.49. The van der Waals surface area contributed by atoms with Crippen LogP contribution in [0, 0.1) is 0 Å². The van der Waals surface area contributed by atoms with Crippen molar-refractivity contribution >= 4 is 53.2 Å². The molecule has 0 aliphatic rings. The summed E-state index contributed by atoms with van der Waals surface area (Å²) in [6, 6.07) is 20.0. The van der Waals surface area contributed by atoms with E-state index in [0.717, 1.165) is 10.8 Å². The summed E-state index contributed by atoms with van der Waals surface area (Å²) in [5, 5.41) is 2.30. The van der Waals surface area contributed by atoms with Crippen molar-refractivity contribution in [3.8, 4) is 0 Å². The van der Waals surface area contributed by atoms with Crippen molar-refractivity contribution in [1.29, 1.82) is 0 Å².